The second kappa shape index (κ2) is 9.49. The van der Waals surface area contributed by atoms with Crippen molar-refractivity contribution in [1.82, 2.24) is 10.2 Å². The molecular weight excluding hydrogens is 371 g/mol. The fourth-order valence-corrected chi connectivity index (χ4v) is 4.20. The van der Waals surface area contributed by atoms with Crippen LogP contribution in [0, 0.1) is 18.3 Å². The summed E-state index contributed by atoms with van der Waals surface area (Å²) in [5, 5.41) is 3.24. The summed E-state index contributed by atoms with van der Waals surface area (Å²) in [4.78, 5) is 2.21. The fraction of sp³-hybridized carbons (Fsp3) is 0.407. The van der Waals surface area contributed by atoms with E-state index in [1.165, 1.54) is 36.0 Å². The van der Waals surface area contributed by atoms with Gasteiger partial charge < -0.3 is 5.32 Å². The molecule has 1 atom stereocenters. The Hall–Kier alpha value is -2.57. The number of nitrogens with one attached hydrogen (secondary N) is 1. The third-order valence-corrected chi connectivity index (χ3v) is 6.19. The number of aryl methyl sites for hydroxylation is 1. The van der Waals surface area contributed by atoms with Crippen molar-refractivity contribution in [2.24, 2.45) is 5.92 Å². The third-order valence-electron chi connectivity index (χ3n) is 6.19. The lowest BCUT2D eigenvalue weighted by atomic mass is 9.94. The Kier molecular flexibility index (Phi) is 6.55. The Balaban J connectivity index is 1.32. The second-order valence-corrected chi connectivity index (χ2v) is 8.81. The van der Waals surface area contributed by atoms with E-state index in [1.54, 1.807) is 0 Å². The van der Waals surface area contributed by atoms with Gasteiger partial charge in [-0.05, 0) is 46.6 Å². The molecule has 1 unspecified atom stereocenters. The second-order valence-electron chi connectivity index (χ2n) is 8.81. The highest BCUT2D eigenvalue weighted by Gasteiger charge is 2.26. The Bertz CT molecular complexity index is 921. The van der Waals surface area contributed by atoms with E-state index < -0.39 is 6.17 Å². The van der Waals surface area contributed by atoms with Crippen molar-refractivity contribution in [2.75, 3.05) is 6.54 Å². The van der Waals surface area contributed by atoms with Crippen LogP contribution in [0.3, 0.4) is 0 Å². The average molecular weight is 403 g/mol. The van der Waals surface area contributed by atoms with Crippen LogP contribution in [0.4, 0.5) is 4.39 Å². The third kappa shape index (κ3) is 5.52. The first kappa shape index (κ1) is 20.7. The van der Waals surface area contributed by atoms with Crippen molar-refractivity contribution >= 4 is 0 Å². The lowest BCUT2D eigenvalue weighted by molar-refractivity contribution is 0.158. The standard InChI is InChI=1S/C27H31FN2/c1-3-4-20(2)29-16-23-9-11-24(12-10-23)17-30-18-25-14-13-22(8-7-21-5-6-21)15-26(25)27(28)19-30/h1,9-15,21,27,29H,2,4-8,16-19H2. The van der Waals surface area contributed by atoms with Crippen molar-refractivity contribution in [1.29, 1.82) is 0 Å². The van der Waals surface area contributed by atoms with Crippen LogP contribution in [0.5, 0.6) is 0 Å². The first-order chi connectivity index (χ1) is 14.6. The van der Waals surface area contributed by atoms with Gasteiger partial charge in [-0.25, -0.2) is 4.39 Å². The van der Waals surface area contributed by atoms with Crippen LogP contribution in [0.1, 0.15) is 59.7 Å². The molecule has 0 radical (unpaired) electrons. The molecule has 0 saturated heterocycles. The predicted molar refractivity (Wildman–Crippen MR) is 121 cm³/mol. The molecule has 0 spiro atoms. The number of hydrogen-bond donors (Lipinski definition) is 1. The molecule has 2 nitrogen and oxygen atoms in total. The topological polar surface area (TPSA) is 15.3 Å². The molecule has 1 N–H and O–H groups in total. The number of benzene rings is 2. The van der Waals surface area contributed by atoms with Crippen LogP contribution in [0.2, 0.25) is 0 Å². The van der Waals surface area contributed by atoms with Crippen LogP contribution in [-0.2, 0) is 26.1 Å². The zero-order valence-corrected chi connectivity index (χ0v) is 17.7. The van der Waals surface area contributed by atoms with E-state index in [0.717, 1.165) is 42.3 Å². The van der Waals surface area contributed by atoms with E-state index in [0.29, 0.717) is 19.5 Å². The Morgan fingerprint density at radius 3 is 2.60 bits per heavy atom. The van der Waals surface area contributed by atoms with Gasteiger partial charge in [0.2, 0.25) is 0 Å². The summed E-state index contributed by atoms with van der Waals surface area (Å²) in [6, 6.07) is 15.0. The van der Waals surface area contributed by atoms with Gasteiger partial charge in [0.15, 0.2) is 0 Å². The summed E-state index contributed by atoms with van der Waals surface area (Å²) in [6.45, 7) is 6.67. The Morgan fingerprint density at radius 2 is 1.87 bits per heavy atom. The smallest absolute Gasteiger partial charge is 0.138 e. The average Bonchev–Trinajstić information content (AvgIpc) is 3.57. The minimum atomic E-state index is -0.903. The number of alkyl halides is 1. The van der Waals surface area contributed by atoms with E-state index in [9.17, 15) is 4.39 Å². The lowest BCUT2D eigenvalue weighted by Crippen LogP contribution is -2.31. The largest absolute Gasteiger partial charge is 0.384 e. The van der Waals surface area contributed by atoms with Gasteiger partial charge in [-0.3, -0.25) is 4.90 Å². The van der Waals surface area contributed by atoms with Crippen molar-refractivity contribution in [3.05, 3.63) is 82.6 Å². The van der Waals surface area contributed by atoms with Crippen LogP contribution in [0.15, 0.2) is 54.7 Å². The van der Waals surface area contributed by atoms with Gasteiger partial charge in [-0.15, -0.1) is 12.3 Å². The fourth-order valence-electron chi connectivity index (χ4n) is 4.20. The number of hydrogen-bond acceptors (Lipinski definition) is 2. The molecule has 4 rings (SSSR count). The van der Waals surface area contributed by atoms with Crippen molar-refractivity contribution in [3.8, 4) is 12.3 Å². The molecule has 3 heteroatoms. The molecule has 1 fully saturated rings. The van der Waals surface area contributed by atoms with Crippen molar-refractivity contribution in [3.63, 3.8) is 0 Å². The minimum Gasteiger partial charge on any atom is -0.384 e. The lowest BCUT2D eigenvalue weighted by Gasteiger charge is -2.31. The number of halogens is 1. The summed E-state index contributed by atoms with van der Waals surface area (Å²) in [5.41, 5.74) is 6.59. The molecule has 1 saturated carbocycles. The maximum absolute atomic E-state index is 15.0. The van der Waals surface area contributed by atoms with E-state index in [4.69, 9.17) is 6.42 Å². The first-order valence-corrected chi connectivity index (χ1v) is 11.0. The predicted octanol–water partition coefficient (Wildman–Crippen LogP) is 5.68. The monoisotopic (exact) mass is 402 g/mol. The SMILES string of the molecule is C#CCC(=C)NCc1ccc(CN2Cc3ccc(CCC4CC4)cc3C(F)C2)cc1. The molecule has 1 aliphatic heterocycles. The Labute approximate surface area is 180 Å². The summed E-state index contributed by atoms with van der Waals surface area (Å²) < 4.78 is 15.0. The van der Waals surface area contributed by atoms with E-state index in [-0.39, 0.29) is 0 Å². The molecule has 156 valence electrons. The zero-order valence-electron chi connectivity index (χ0n) is 17.7. The van der Waals surface area contributed by atoms with Crippen LogP contribution in [-0.4, -0.2) is 11.4 Å². The molecule has 1 heterocycles. The quantitative estimate of drug-likeness (QED) is 0.543. The van der Waals surface area contributed by atoms with E-state index in [2.05, 4.69) is 65.2 Å². The summed E-state index contributed by atoms with van der Waals surface area (Å²) >= 11 is 0. The van der Waals surface area contributed by atoms with Crippen molar-refractivity contribution < 1.29 is 4.39 Å². The highest BCUT2D eigenvalue weighted by molar-refractivity contribution is 5.36. The molecule has 0 bridgehead atoms. The zero-order chi connectivity index (χ0) is 20.9. The normalized spacial score (nSPS) is 18.5. The van der Waals surface area contributed by atoms with Crippen LogP contribution in [0.25, 0.3) is 0 Å². The van der Waals surface area contributed by atoms with Crippen LogP contribution < -0.4 is 5.32 Å². The van der Waals surface area contributed by atoms with E-state index >= 15 is 0 Å². The van der Waals surface area contributed by atoms with Gasteiger partial charge >= 0.3 is 0 Å². The maximum atomic E-state index is 15.0. The number of fused-ring (bicyclic) bond motifs is 1. The van der Waals surface area contributed by atoms with Gasteiger partial charge in [-0.2, -0.15) is 0 Å². The van der Waals surface area contributed by atoms with Gasteiger partial charge in [-0.1, -0.05) is 61.9 Å². The van der Waals surface area contributed by atoms with Gasteiger partial charge in [0.25, 0.3) is 0 Å². The minimum absolute atomic E-state index is 0.467. The molecule has 0 amide bonds. The van der Waals surface area contributed by atoms with Crippen molar-refractivity contribution in [2.45, 2.75) is 57.9 Å². The van der Waals surface area contributed by atoms with Gasteiger partial charge in [0.05, 0.1) is 0 Å². The highest BCUT2D eigenvalue weighted by atomic mass is 19.1. The molecule has 2 aromatic rings. The van der Waals surface area contributed by atoms with E-state index in [1.807, 2.05) is 0 Å². The number of terminal acetylenes is 1. The number of rotatable bonds is 9. The first-order valence-electron chi connectivity index (χ1n) is 11.0. The molecule has 30 heavy (non-hydrogen) atoms. The molecule has 2 aromatic carbocycles. The highest BCUT2D eigenvalue weighted by Crippen LogP contribution is 2.35. The summed E-state index contributed by atoms with van der Waals surface area (Å²) in [6.07, 6.45) is 10.0. The van der Waals surface area contributed by atoms with Gasteiger partial charge in [0, 0.05) is 38.3 Å². The van der Waals surface area contributed by atoms with Gasteiger partial charge in [0.1, 0.15) is 6.17 Å². The Morgan fingerprint density at radius 1 is 1.13 bits per heavy atom. The number of nitrogens with zero attached hydrogens (tertiary/aromatic N) is 1. The molecule has 2 aliphatic rings. The molecule has 1 aliphatic carbocycles. The van der Waals surface area contributed by atoms with Crippen LogP contribution >= 0.6 is 0 Å². The maximum Gasteiger partial charge on any atom is 0.138 e. The summed E-state index contributed by atoms with van der Waals surface area (Å²) in [5.74, 6) is 3.51. The number of allylic oxidation sites excluding steroid dienone is 1. The summed E-state index contributed by atoms with van der Waals surface area (Å²) in [7, 11) is 0. The molecule has 0 aromatic heterocycles. The molecular formula is C27H31FN2.